The first kappa shape index (κ1) is 10.6. The van der Waals surface area contributed by atoms with Gasteiger partial charge in [-0.05, 0) is 23.8 Å². The molecule has 0 aliphatic carbocycles. The van der Waals surface area contributed by atoms with Crippen LogP contribution in [0.5, 0.6) is 5.75 Å². The normalized spacial score (nSPS) is 10.7. The summed E-state index contributed by atoms with van der Waals surface area (Å²) >= 11 is 0. The summed E-state index contributed by atoms with van der Waals surface area (Å²) in [7, 11) is 0. The zero-order valence-electron chi connectivity index (χ0n) is 9.61. The molecule has 0 fully saturated rings. The fourth-order valence-corrected chi connectivity index (χ4v) is 1.79. The molecular formula is C13H12N4O. The number of hydrogen-bond acceptors (Lipinski definition) is 4. The number of hydrogen-bond donors (Lipinski definition) is 2. The third-order valence-corrected chi connectivity index (χ3v) is 2.72. The molecule has 2 N–H and O–H groups in total. The van der Waals surface area contributed by atoms with Crippen molar-refractivity contribution < 1.29 is 5.11 Å². The van der Waals surface area contributed by atoms with E-state index in [1.165, 1.54) is 0 Å². The molecule has 3 aromatic rings. The molecule has 0 saturated heterocycles. The molecule has 18 heavy (non-hydrogen) atoms. The minimum Gasteiger partial charge on any atom is -0.508 e. The topological polar surface area (TPSA) is 62.5 Å². The summed E-state index contributed by atoms with van der Waals surface area (Å²) in [5, 5.41) is 16.6. The minimum atomic E-state index is 0.273. The first-order valence-corrected chi connectivity index (χ1v) is 5.63. The lowest BCUT2D eigenvalue weighted by atomic mass is 10.2. The van der Waals surface area contributed by atoms with E-state index < -0.39 is 0 Å². The Morgan fingerprint density at radius 3 is 2.78 bits per heavy atom. The van der Waals surface area contributed by atoms with E-state index in [-0.39, 0.29) is 5.75 Å². The van der Waals surface area contributed by atoms with Gasteiger partial charge in [-0.15, -0.1) is 0 Å². The first-order valence-electron chi connectivity index (χ1n) is 5.63. The van der Waals surface area contributed by atoms with E-state index in [1.54, 1.807) is 35.2 Å². The van der Waals surface area contributed by atoms with E-state index in [2.05, 4.69) is 15.4 Å². The number of benzene rings is 1. The number of aromatic nitrogens is 3. The second kappa shape index (κ2) is 4.37. The van der Waals surface area contributed by atoms with Gasteiger partial charge in [0, 0.05) is 18.9 Å². The van der Waals surface area contributed by atoms with E-state index in [1.807, 2.05) is 18.2 Å². The smallest absolute Gasteiger partial charge is 0.152 e. The van der Waals surface area contributed by atoms with Gasteiger partial charge in [0.05, 0.1) is 6.20 Å². The van der Waals surface area contributed by atoms with E-state index in [9.17, 15) is 5.11 Å². The van der Waals surface area contributed by atoms with Crippen LogP contribution in [-0.4, -0.2) is 19.7 Å². The molecule has 0 saturated carbocycles. The Kier molecular flexibility index (Phi) is 2.57. The Balaban J connectivity index is 1.80. The summed E-state index contributed by atoms with van der Waals surface area (Å²) in [6.07, 6.45) is 5.25. The molecule has 0 amide bonds. The Morgan fingerprint density at radius 2 is 1.94 bits per heavy atom. The maximum absolute atomic E-state index is 9.21. The van der Waals surface area contributed by atoms with Crippen molar-refractivity contribution in [3.63, 3.8) is 0 Å². The van der Waals surface area contributed by atoms with Crippen molar-refractivity contribution in [2.24, 2.45) is 0 Å². The Hall–Kier alpha value is -2.56. The van der Waals surface area contributed by atoms with Crippen molar-refractivity contribution in [1.82, 2.24) is 14.6 Å². The standard InChI is InChI=1S/C13H12N4O/c18-11-3-1-10(2-4-11)9-15-13-12-5-6-16-17(12)8-7-14-13/h1-8,18H,9H2,(H,14,15). The second-order valence-electron chi connectivity index (χ2n) is 3.96. The lowest BCUT2D eigenvalue weighted by Gasteiger charge is -2.07. The molecule has 0 aliphatic heterocycles. The highest BCUT2D eigenvalue weighted by Crippen LogP contribution is 2.15. The number of fused-ring (bicyclic) bond motifs is 1. The SMILES string of the molecule is Oc1ccc(CNc2nccn3nccc23)cc1. The summed E-state index contributed by atoms with van der Waals surface area (Å²) in [6.45, 7) is 0.651. The van der Waals surface area contributed by atoms with E-state index in [0.29, 0.717) is 6.54 Å². The van der Waals surface area contributed by atoms with Gasteiger partial charge in [0.1, 0.15) is 11.3 Å². The van der Waals surface area contributed by atoms with Crippen molar-refractivity contribution in [3.8, 4) is 5.75 Å². The lowest BCUT2D eigenvalue weighted by Crippen LogP contribution is -2.03. The van der Waals surface area contributed by atoms with Gasteiger partial charge in [0.25, 0.3) is 0 Å². The fourth-order valence-electron chi connectivity index (χ4n) is 1.79. The number of nitrogens with zero attached hydrogens (tertiary/aromatic N) is 3. The van der Waals surface area contributed by atoms with E-state index in [0.717, 1.165) is 16.9 Å². The van der Waals surface area contributed by atoms with Crippen LogP contribution in [-0.2, 0) is 6.54 Å². The van der Waals surface area contributed by atoms with Crippen molar-refractivity contribution in [2.75, 3.05) is 5.32 Å². The van der Waals surface area contributed by atoms with Gasteiger partial charge in [-0.25, -0.2) is 9.50 Å². The molecule has 90 valence electrons. The molecule has 0 spiro atoms. The highest BCUT2D eigenvalue weighted by atomic mass is 16.3. The molecule has 5 nitrogen and oxygen atoms in total. The highest BCUT2D eigenvalue weighted by molar-refractivity contribution is 5.66. The molecular weight excluding hydrogens is 228 g/mol. The maximum atomic E-state index is 9.21. The number of phenolic OH excluding ortho intramolecular Hbond substituents is 1. The summed E-state index contributed by atoms with van der Waals surface area (Å²) in [5.74, 6) is 1.07. The van der Waals surface area contributed by atoms with Gasteiger partial charge in [-0.1, -0.05) is 12.1 Å². The Morgan fingerprint density at radius 1 is 1.11 bits per heavy atom. The van der Waals surface area contributed by atoms with Crippen molar-refractivity contribution in [1.29, 1.82) is 0 Å². The van der Waals surface area contributed by atoms with Crippen molar-refractivity contribution in [3.05, 3.63) is 54.5 Å². The quantitative estimate of drug-likeness (QED) is 0.735. The molecule has 3 rings (SSSR count). The van der Waals surface area contributed by atoms with Crippen LogP contribution < -0.4 is 5.32 Å². The van der Waals surface area contributed by atoms with Crippen molar-refractivity contribution in [2.45, 2.75) is 6.54 Å². The number of nitrogens with one attached hydrogen (secondary N) is 1. The molecule has 2 aromatic heterocycles. The van der Waals surface area contributed by atoms with Gasteiger partial charge in [-0.3, -0.25) is 0 Å². The molecule has 0 atom stereocenters. The summed E-state index contributed by atoms with van der Waals surface area (Å²) < 4.78 is 1.77. The van der Waals surface area contributed by atoms with Gasteiger partial charge in [-0.2, -0.15) is 5.10 Å². The van der Waals surface area contributed by atoms with E-state index >= 15 is 0 Å². The van der Waals surface area contributed by atoms with Gasteiger partial charge >= 0.3 is 0 Å². The number of rotatable bonds is 3. The predicted octanol–water partition coefficient (Wildman–Crippen LogP) is 2.05. The fraction of sp³-hybridized carbons (Fsp3) is 0.0769. The van der Waals surface area contributed by atoms with E-state index in [4.69, 9.17) is 0 Å². The monoisotopic (exact) mass is 240 g/mol. The maximum Gasteiger partial charge on any atom is 0.152 e. The third kappa shape index (κ3) is 1.98. The van der Waals surface area contributed by atoms with Gasteiger partial charge in [0.15, 0.2) is 5.82 Å². The number of anilines is 1. The average Bonchev–Trinajstić information content (AvgIpc) is 2.87. The molecule has 0 bridgehead atoms. The predicted molar refractivity (Wildman–Crippen MR) is 68.4 cm³/mol. The van der Waals surface area contributed by atoms with Crippen LogP contribution in [0.3, 0.4) is 0 Å². The number of phenols is 1. The molecule has 0 unspecified atom stereocenters. The molecule has 1 aromatic carbocycles. The van der Waals surface area contributed by atoms with Crippen LogP contribution >= 0.6 is 0 Å². The number of aromatic hydroxyl groups is 1. The molecule has 5 heteroatoms. The highest BCUT2D eigenvalue weighted by Gasteiger charge is 2.02. The van der Waals surface area contributed by atoms with Crippen LogP contribution in [0.15, 0.2) is 48.9 Å². The Labute approximate surface area is 104 Å². The van der Waals surface area contributed by atoms with Crippen LogP contribution in [0.1, 0.15) is 5.56 Å². The Bertz CT molecular complexity index is 660. The largest absolute Gasteiger partial charge is 0.508 e. The van der Waals surface area contributed by atoms with Crippen LogP contribution in [0.25, 0.3) is 5.52 Å². The van der Waals surface area contributed by atoms with Gasteiger partial charge in [0.2, 0.25) is 0 Å². The van der Waals surface area contributed by atoms with Crippen molar-refractivity contribution >= 4 is 11.3 Å². The molecule has 2 heterocycles. The zero-order valence-corrected chi connectivity index (χ0v) is 9.61. The van der Waals surface area contributed by atoms with Crippen LogP contribution in [0.4, 0.5) is 5.82 Å². The first-order chi connectivity index (χ1) is 8.83. The summed E-state index contributed by atoms with van der Waals surface area (Å²) in [6, 6.07) is 9.00. The third-order valence-electron chi connectivity index (χ3n) is 2.72. The molecule has 0 aliphatic rings. The molecule has 0 radical (unpaired) electrons. The average molecular weight is 240 g/mol. The summed E-state index contributed by atoms with van der Waals surface area (Å²) in [5.41, 5.74) is 2.02. The lowest BCUT2D eigenvalue weighted by molar-refractivity contribution is 0.475. The minimum absolute atomic E-state index is 0.273. The van der Waals surface area contributed by atoms with Gasteiger partial charge < -0.3 is 10.4 Å². The summed E-state index contributed by atoms with van der Waals surface area (Å²) in [4.78, 5) is 4.29. The zero-order chi connectivity index (χ0) is 12.4. The van der Waals surface area contributed by atoms with Crippen LogP contribution in [0, 0.1) is 0 Å². The second-order valence-corrected chi connectivity index (χ2v) is 3.96. The van der Waals surface area contributed by atoms with Crippen LogP contribution in [0.2, 0.25) is 0 Å².